The number of hydrogen-bond donors (Lipinski definition) is 0. The monoisotopic (exact) mass is 335 g/mol. The van der Waals surface area contributed by atoms with Gasteiger partial charge in [0.1, 0.15) is 12.4 Å². The fourth-order valence-corrected chi connectivity index (χ4v) is 3.48. The lowest BCUT2D eigenvalue weighted by molar-refractivity contribution is -0.140. The van der Waals surface area contributed by atoms with Crippen LogP contribution in [0.1, 0.15) is 17.4 Å². The fourth-order valence-electron chi connectivity index (χ4n) is 3.48. The van der Waals surface area contributed by atoms with Crippen LogP contribution in [0.5, 0.6) is 0 Å². The lowest BCUT2D eigenvalue weighted by Crippen LogP contribution is -2.44. The van der Waals surface area contributed by atoms with Crippen LogP contribution in [-0.2, 0) is 16.1 Å². The van der Waals surface area contributed by atoms with E-state index in [4.69, 9.17) is 4.74 Å². The topological polar surface area (TPSA) is 47.4 Å². The van der Waals surface area contributed by atoms with Crippen molar-refractivity contribution >= 4 is 16.9 Å². The van der Waals surface area contributed by atoms with Gasteiger partial charge in [0.05, 0.1) is 30.3 Å². The van der Waals surface area contributed by atoms with Crippen LogP contribution < -0.4 is 0 Å². The van der Waals surface area contributed by atoms with Gasteiger partial charge in [0.15, 0.2) is 0 Å². The Hall–Kier alpha value is -2.66. The average molecular weight is 335 g/mol. The Kier molecular flexibility index (Phi) is 4.24. The van der Waals surface area contributed by atoms with Crippen LogP contribution >= 0.6 is 0 Å². The molecular formula is C20H21N3O2. The zero-order valence-corrected chi connectivity index (χ0v) is 14.3. The molecule has 1 unspecified atom stereocenters. The van der Waals surface area contributed by atoms with E-state index in [1.54, 1.807) is 0 Å². The summed E-state index contributed by atoms with van der Waals surface area (Å²) in [6, 6.07) is 18.0. The Bertz CT molecular complexity index is 888. The molecule has 5 heteroatoms. The predicted molar refractivity (Wildman–Crippen MR) is 96.2 cm³/mol. The number of rotatable bonds is 3. The summed E-state index contributed by atoms with van der Waals surface area (Å²) in [5.41, 5.74) is 3.04. The zero-order chi connectivity index (χ0) is 17.2. The van der Waals surface area contributed by atoms with E-state index in [1.807, 2.05) is 58.9 Å². The Labute approximate surface area is 146 Å². The summed E-state index contributed by atoms with van der Waals surface area (Å²) < 4.78 is 7.63. The third-order valence-electron chi connectivity index (χ3n) is 4.77. The Balaban J connectivity index is 1.61. The molecular weight excluding hydrogens is 314 g/mol. The molecule has 1 amide bonds. The van der Waals surface area contributed by atoms with Gasteiger partial charge in [-0.05, 0) is 24.6 Å². The zero-order valence-electron chi connectivity index (χ0n) is 14.3. The molecule has 25 heavy (non-hydrogen) atoms. The number of fused-ring (bicyclic) bond motifs is 1. The van der Waals surface area contributed by atoms with Crippen LogP contribution in [0.4, 0.5) is 0 Å². The summed E-state index contributed by atoms with van der Waals surface area (Å²) in [5, 5.41) is 0. The van der Waals surface area contributed by atoms with Gasteiger partial charge in [-0.15, -0.1) is 0 Å². The highest BCUT2D eigenvalue weighted by atomic mass is 16.5. The first-order valence-corrected chi connectivity index (χ1v) is 8.58. The molecule has 0 saturated carbocycles. The van der Waals surface area contributed by atoms with Crippen LogP contribution in [0, 0.1) is 6.92 Å². The molecule has 2 heterocycles. The highest BCUT2D eigenvalue weighted by molar-refractivity contribution is 5.81. The summed E-state index contributed by atoms with van der Waals surface area (Å²) in [6.45, 7) is 3.99. The molecule has 0 spiro atoms. The van der Waals surface area contributed by atoms with E-state index in [0.29, 0.717) is 26.3 Å². The first kappa shape index (κ1) is 15.8. The molecule has 1 saturated heterocycles. The molecule has 2 aromatic carbocycles. The third kappa shape index (κ3) is 3.03. The predicted octanol–water partition coefficient (Wildman–Crippen LogP) is 2.94. The molecule has 1 atom stereocenters. The van der Waals surface area contributed by atoms with E-state index in [0.717, 1.165) is 22.4 Å². The lowest BCUT2D eigenvalue weighted by atomic mass is 10.0. The second-order valence-corrected chi connectivity index (χ2v) is 6.32. The molecule has 128 valence electrons. The van der Waals surface area contributed by atoms with Gasteiger partial charge in [-0.3, -0.25) is 4.79 Å². The molecule has 3 aromatic rings. The van der Waals surface area contributed by atoms with E-state index in [2.05, 4.69) is 17.1 Å². The SMILES string of the molecule is Cc1nc2ccccc2n1CC(=O)N1CCOCC1c1ccccc1. The van der Waals surface area contributed by atoms with E-state index in [-0.39, 0.29) is 11.9 Å². The highest BCUT2D eigenvalue weighted by Gasteiger charge is 2.29. The van der Waals surface area contributed by atoms with Crippen molar-refractivity contribution in [2.45, 2.75) is 19.5 Å². The minimum absolute atomic E-state index is 0.0301. The van der Waals surface area contributed by atoms with Crippen molar-refractivity contribution in [3.05, 3.63) is 66.0 Å². The summed E-state index contributed by atoms with van der Waals surface area (Å²) in [5.74, 6) is 0.961. The summed E-state index contributed by atoms with van der Waals surface area (Å²) in [7, 11) is 0. The molecule has 0 aliphatic carbocycles. The van der Waals surface area contributed by atoms with E-state index in [9.17, 15) is 4.79 Å². The number of hydrogen-bond acceptors (Lipinski definition) is 3. The molecule has 1 fully saturated rings. The fraction of sp³-hybridized carbons (Fsp3) is 0.300. The smallest absolute Gasteiger partial charge is 0.243 e. The normalized spacial score (nSPS) is 17.8. The number of carbonyl (C=O) groups excluding carboxylic acids is 1. The number of ether oxygens (including phenoxy) is 1. The van der Waals surface area contributed by atoms with Gasteiger partial charge in [-0.25, -0.2) is 4.98 Å². The standard InChI is InChI=1S/C20H21N3O2/c1-15-21-17-9-5-6-10-18(17)23(15)13-20(24)22-11-12-25-14-19(22)16-7-3-2-4-8-16/h2-10,19H,11-14H2,1H3. The van der Waals surface area contributed by atoms with Crippen LogP contribution in [0.25, 0.3) is 11.0 Å². The maximum Gasteiger partial charge on any atom is 0.243 e. The number of morpholine rings is 1. The molecule has 1 aliphatic heterocycles. The maximum absolute atomic E-state index is 13.1. The van der Waals surface area contributed by atoms with Crippen molar-refractivity contribution in [2.24, 2.45) is 0 Å². The van der Waals surface area contributed by atoms with Gasteiger partial charge in [0.25, 0.3) is 0 Å². The van der Waals surface area contributed by atoms with Crippen molar-refractivity contribution in [1.82, 2.24) is 14.5 Å². The van der Waals surface area contributed by atoms with Gasteiger partial charge in [0.2, 0.25) is 5.91 Å². The van der Waals surface area contributed by atoms with Crippen LogP contribution in [0.3, 0.4) is 0 Å². The summed E-state index contributed by atoms with van der Waals surface area (Å²) >= 11 is 0. The first-order chi connectivity index (χ1) is 12.2. The van der Waals surface area contributed by atoms with E-state index < -0.39 is 0 Å². The van der Waals surface area contributed by atoms with Gasteiger partial charge in [0, 0.05) is 6.54 Å². The number of imidazole rings is 1. The van der Waals surface area contributed by atoms with Crippen LogP contribution in [-0.4, -0.2) is 40.1 Å². The molecule has 0 bridgehead atoms. The quantitative estimate of drug-likeness (QED) is 0.739. The maximum atomic E-state index is 13.1. The third-order valence-corrected chi connectivity index (χ3v) is 4.77. The van der Waals surface area contributed by atoms with Crippen LogP contribution in [0.15, 0.2) is 54.6 Å². The number of carbonyl (C=O) groups is 1. The Morgan fingerprint density at radius 3 is 2.76 bits per heavy atom. The lowest BCUT2D eigenvalue weighted by Gasteiger charge is -2.36. The number of benzene rings is 2. The molecule has 0 N–H and O–H groups in total. The van der Waals surface area contributed by atoms with E-state index >= 15 is 0 Å². The van der Waals surface area contributed by atoms with E-state index in [1.165, 1.54) is 0 Å². The number of para-hydroxylation sites is 2. The second-order valence-electron chi connectivity index (χ2n) is 6.32. The summed E-state index contributed by atoms with van der Waals surface area (Å²) in [4.78, 5) is 19.6. The highest BCUT2D eigenvalue weighted by Crippen LogP contribution is 2.25. The number of aryl methyl sites for hydroxylation is 1. The molecule has 1 aromatic heterocycles. The molecule has 0 radical (unpaired) electrons. The summed E-state index contributed by atoms with van der Waals surface area (Å²) in [6.07, 6.45) is 0. The minimum Gasteiger partial charge on any atom is -0.377 e. The Morgan fingerprint density at radius 2 is 1.92 bits per heavy atom. The van der Waals surface area contributed by atoms with Crippen molar-refractivity contribution in [2.75, 3.05) is 19.8 Å². The number of nitrogens with zero attached hydrogens (tertiary/aromatic N) is 3. The largest absolute Gasteiger partial charge is 0.377 e. The second kappa shape index (κ2) is 6.69. The van der Waals surface area contributed by atoms with Crippen molar-refractivity contribution in [1.29, 1.82) is 0 Å². The van der Waals surface area contributed by atoms with Gasteiger partial charge < -0.3 is 14.2 Å². The van der Waals surface area contributed by atoms with Gasteiger partial charge in [-0.2, -0.15) is 0 Å². The molecule has 1 aliphatic rings. The van der Waals surface area contributed by atoms with Crippen molar-refractivity contribution < 1.29 is 9.53 Å². The molecule has 4 rings (SSSR count). The van der Waals surface area contributed by atoms with Crippen LogP contribution in [0.2, 0.25) is 0 Å². The van der Waals surface area contributed by atoms with Crippen molar-refractivity contribution in [3.63, 3.8) is 0 Å². The molecule has 5 nitrogen and oxygen atoms in total. The minimum atomic E-state index is -0.0301. The number of amides is 1. The first-order valence-electron chi connectivity index (χ1n) is 8.58. The average Bonchev–Trinajstić information content (AvgIpc) is 2.98. The Morgan fingerprint density at radius 1 is 1.16 bits per heavy atom. The van der Waals surface area contributed by atoms with Gasteiger partial charge >= 0.3 is 0 Å². The van der Waals surface area contributed by atoms with Gasteiger partial charge in [-0.1, -0.05) is 42.5 Å². The van der Waals surface area contributed by atoms with Crippen molar-refractivity contribution in [3.8, 4) is 0 Å². The number of aromatic nitrogens is 2.